The van der Waals surface area contributed by atoms with E-state index in [1.54, 1.807) is 19.5 Å². The summed E-state index contributed by atoms with van der Waals surface area (Å²) in [6, 6.07) is 16.4. The van der Waals surface area contributed by atoms with Crippen LogP contribution in [0.2, 0.25) is 0 Å². The molecule has 2 aromatic carbocycles. The van der Waals surface area contributed by atoms with E-state index in [1.165, 1.54) is 5.56 Å². The van der Waals surface area contributed by atoms with Crippen LogP contribution in [0.5, 0.6) is 11.5 Å². The number of pyridine rings is 1. The van der Waals surface area contributed by atoms with Crippen LogP contribution >= 0.6 is 15.9 Å². The molecule has 0 unspecified atom stereocenters. The van der Waals surface area contributed by atoms with Gasteiger partial charge in [0, 0.05) is 16.3 Å². The molecule has 5 nitrogen and oxygen atoms in total. The predicted octanol–water partition coefficient (Wildman–Crippen LogP) is 4.40. The summed E-state index contributed by atoms with van der Waals surface area (Å²) in [6.45, 7) is 2.39. The van der Waals surface area contributed by atoms with Crippen molar-refractivity contribution in [3.05, 3.63) is 87.7 Å². The lowest BCUT2D eigenvalue weighted by Crippen LogP contribution is -2.51. The van der Waals surface area contributed by atoms with Gasteiger partial charge in [0.25, 0.3) is 0 Å². The first-order valence-electron chi connectivity index (χ1n) is 10.4. The van der Waals surface area contributed by atoms with Crippen LogP contribution in [0.3, 0.4) is 0 Å². The Morgan fingerprint density at radius 2 is 1.87 bits per heavy atom. The van der Waals surface area contributed by atoms with Gasteiger partial charge in [0.2, 0.25) is 0 Å². The molecule has 3 aromatic rings. The molecule has 3 N–H and O–H groups in total. The van der Waals surface area contributed by atoms with Crippen LogP contribution in [0.4, 0.5) is 0 Å². The number of rotatable bonds is 4. The molecule has 1 aliphatic heterocycles. The van der Waals surface area contributed by atoms with Crippen molar-refractivity contribution in [2.24, 2.45) is 11.7 Å². The van der Waals surface area contributed by atoms with Crippen molar-refractivity contribution in [3.63, 3.8) is 0 Å². The Morgan fingerprint density at radius 1 is 1.16 bits per heavy atom. The molecule has 1 fully saturated rings. The summed E-state index contributed by atoms with van der Waals surface area (Å²) in [5.41, 5.74) is 7.69. The number of hydrogen-bond donors (Lipinski definition) is 2. The first-order chi connectivity index (χ1) is 15.0. The summed E-state index contributed by atoms with van der Waals surface area (Å²) < 4.78 is 13.3. The van der Waals surface area contributed by atoms with Crippen LogP contribution in [0.15, 0.2) is 65.4 Å². The maximum Gasteiger partial charge on any atom is 0.174 e. The molecule has 5 rings (SSSR count). The molecule has 160 valence electrons. The second kappa shape index (κ2) is 7.33. The number of halogens is 1. The molecule has 0 radical (unpaired) electrons. The van der Waals surface area contributed by atoms with E-state index in [4.69, 9.17) is 15.2 Å². The van der Waals surface area contributed by atoms with Gasteiger partial charge in [0.05, 0.1) is 25.1 Å². The summed E-state index contributed by atoms with van der Waals surface area (Å²) in [4.78, 5) is 4.28. The maximum atomic E-state index is 12.6. The van der Waals surface area contributed by atoms with Crippen molar-refractivity contribution in [1.29, 1.82) is 0 Å². The van der Waals surface area contributed by atoms with Gasteiger partial charge in [-0.1, -0.05) is 57.9 Å². The molecule has 4 atom stereocenters. The highest BCUT2D eigenvalue weighted by Gasteiger charge is 2.73. The third-order valence-corrected chi connectivity index (χ3v) is 7.48. The first kappa shape index (κ1) is 20.5. The van der Waals surface area contributed by atoms with Crippen molar-refractivity contribution in [2.45, 2.75) is 30.5 Å². The van der Waals surface area contributed by atoms with Gasteiger partial charge in [-0.15, -0.1) is 0 Å². The van der Waals surface area contributed by atoms with Crippen LogP contribution < -0.4 is 15.2 Å². The quantitative estimate of drug-likeness (QED) is 0.578. The topological polar surface area (TPSA) is 77.6 Å². The Morgan fingerprint density at radius 3 is 2.52 bits per heavy atom. The van der Waals surface area contributed by atoms with Gasteiger partial charge in [-0.25, -0.2) is 0 Å². The third-order valence-electron chi connectivity index (χ3n) is 6.95. The lowest BCUT2D eigenvalue weighted by atomic mass is 9.70. The lowest BCUT2D eigenvalue weighted by molar-refractivity contribution is -0.126. The smallest absolute Gasteiger partial charge is 0.174 e. The maximum absolute atomic E-state index is 12.6. The zero-order chi connectivity index (χ0) is 21.8. The Kier molecular flexibility index (Phi) is 4.84. The van der Waals surface area contributed by atoms with Gasteiger partial charge in [0.1, 0.15) is 17.1 Å². The zero-order valence-electron chi connectivity index (χ0n) is 17.5. The lowest BCUT2D eigenvalue weighted by Gasteiger charge is -2.41. The Bertz CT molecular complexity index is 1120. The number of ether oxygens (including phenoxy) is 2. The fraction of sp³-hybridized carbons (Fsp3) is 0.320. The molecule has 1 aliphatic carbocycles. The molecular weight excluding hydrogens is 456 g/mol. The molecule has 1 saturated carbocycles. The summed E-state index contributed by atoms with van der Waals surface area (Å²) in [7, 11) is 1.59. The molecule has 6 heteroatoms. The number of benzene rings is 2. The number of hydrogen-bond acceptors (Lipinski definition) is 5. The number of fused-ring (bicyclic) bond motifs is 3. The van der Waals surface area contributed by atoms with Gasteiger partial charge in [0.15, 0.2) is 5.60 Å². The standard InChI is InChI=1S/C25H25BrN2O3/c1-15-3-5-16(6-4-15)20-11-18(12-27)24(29)23-21(30-2)13-28-14-22(23)31-25(20,24)17-7-9-19(26)10-8-17/h3-10,13-14,18,20,29H,11-12,27H2,1-2H3/t18-,20+,24-,25+/m1/s1. The number of aromatic nitrogens is 1. The average Bonchev–Trinajstić information content (AvgIpc) is 3.20. The fourth-order valence-electron chi connectivity index (χ4n) is 5.55. The van der Waals surface area contributed by atoms with Crippen molar-refractivity contribution < 1.29 is 14.6 Å². The van der Waals surface area contributed by atoms with E-state index in [0.717, 1.165) is 15.6 Å². The van der Waals surface area contributed by atoms with E-state index >= 15 is 0 Å². The van der Waals surface area contributed by atoms with Gasteiger partial charge in [-0.3, -0.25) is 4.98 Å². The Hall–Kier alpha value is -2.41. The summed E-state index contributed by atoms with van der Waals surface area (Å²) in [5.74, 6) is 0.729. The minimum atomic E-state index is -1.37. The van der Waals surface area contributed by atoms with Crippen molar-refractivity contribution >= 4 is 15.9 Å². The average molecular weight is 481 g/mol. The number of nitrogens with two attached hydrogens (primary N) is 1. The SMILES string of the molecule is COc1cncc2c1[C@]1(O)[C@@H](CN)C[C@@H](c3ccc(C)cc3)[C@]1(c1ccc(Br)cc1)O2. The molecule has 0 spiro atoms. The monoisotopic (exact) mass is 480 g/mol. The number of nitrogens with zero attached hydrogens (tertiary/aromatic N) is 1. The van der Waals surface area contributed by atoms with Crippen molar-refractivity contribution in [1.82, 2.24) is 4.98 Å². The second-order valence-corrected chi connectivity index (χ2v) is 9.37. The highest BCUT2D eigenvalue weighted by molar-refractivity contribution is 9.10. The number of methoxy groups -OCH3 is 1. The van der Waals surface area contributed by atoms with Gasteiger partial charge >= 0.3 is 0 Å². The highest BCUT2D eigenvalue weighted by atomic mass is 79.9. The van der Waals surface area contributed by atoms with Crippen LogP contribution in [-0.2, 0) is 11.2 Å². The van der Waals surface area contributed by atoms with E-state index in [1.807, 2.05) is 24.3 Å². The molecule has 0 bridgehead atoms. The van der Waals surface area contributed by atoms with Gasteiger partial charge in [-0.05, 0) is 43.1 Å². The largest absolute Gasteiger partial charge is 0.495 e. The van der Waals surface area contributed by atoms with Gasteiger partial charge in [-0.2, -0.15) is 0 Å². The van der Waals surface area contributed by atoms with E-state index in [-0.39, 0.29) is 11.8 Å². The Labute approximate surface area is 190 Å². The van der Waals surface area contributed by atoms with E-state index < -0.39 is 11.2 Å². The van der Waals surface area contributed by atoms with E-state index in [2.05, 4.69) is 52.1 Å². The number of aliphatic hydroxyl groups is 1. The number of aryl methyl sites for hydroxylation is 1. The molecule has 31 heavy (non-hydrogen) atoms. The molecular formula is C25H25BrN2O3. The minimum absolute atomic E-state index is 0.107. The second-order valence-electron chi connectivity index (χ2n) is 8.46. The summed E-state index contributed by atoms with van der Waals surface area (Å²) in [6.07, 6.45) is 3.98. The molecule has 2 heterocycles. The normalized spacial score (nSPS) is 28.7. The van der Waals surface area contributed by atoms with Crippen LogP contribution in [0.1, 0.15) is 34.6 Å². The van der Waals surface area contributed by atoms with E-state index in [0.29, 0.717) is 30.0 Å². The Balaban J connectivity index is 1.82. The zero-order valence-corrected chi connectivity index (χ0v) is 19.1. The molecule has 0 amide bonds. The molecule has 1 aromatic heterocycles. The summed E-state index contributed by atoms with van der Waals surface area (Å²) in [5, 5.41) is 12.6. The third kappa shape index (κ3) is 2.71. The van der Waals surface area contributed by atoms with Gasteiger partial charge < -0.3 is 20.3 Å². The fourth-order valence-corrected chi connectivity index (χ4v) is 5.81. The van der Waals surface area contributed by atoms with Crippen LogP contribution in [-0.4, -0.2) is 23.7 Å². The summed E-state index contributed by atoms with van der Waals surface area (Å²) >= 11 is 3.53. The molecule has 2 aliphatic rings. The van der Waals surface area contributed by atoms with Crippen LogP contribution in [0.25, 0.3) is 0 Å². The van der Waals surface area contributed by atoms with Crippen molar-refractivity contribution in [3.8, 4) is 11.5 Å². The van der Waals surface area contributed by atoms with E-state index in [9.17, 15) is 5.11 Å². The van der Waals surface area contributed by atoms with Crippen molar-refractivity contribution in [2.75, 3.05) is 13.7 Å². The highest BCUT2D eigenvalue weighted by Crippen LogP contribution is 2.69. The first-order valence-corrected chi connectivity index (χ1v) is 11.2. The van der Waals surface area contributed by atoms with Crippen LogP contribution in [0, 0.1) is 12.8 Å². The predicted molar refractivity (Wildman–Crippen MR) is 122 cm³/mol. The minimum Gasteiger partial charge on any atom is -0.495 e. The molecule has 0 saturated heterocycles.